The number of halogens is 2. The van der Waals surface area contributed by atoms with Gasteiger partial charge in [0.2, 0.25) is 5.88 Å². The van der Waals surface area contributed by atoms with Crippen molar-refractivity contribution >= 4 is 0 Å². The van der Waals surface area contributed by atoms with Gasteiger partial charge in [0, 0.05) is 17.2 Å². The molecule has 18 heavy (non-hydrogen) atoms. The van der Waals surface area contributed by atoms with Gasteiger partial charge >= 0.3 is 0 Å². The van der Waals surface area contributed by atoms with Gasteiger partial charge in [0.05, 0.1) is 19.4 Å². The van der Waals surface area contributed by atoms with Crippen LogP contribution >= 0.6 is 0 Å². The fraction of sp³-hybridized carbons (Fsp3) is 0.154. The number of pyridine rings is 1. The number of rotatable bonds is 3. The molecule has 1 aromatic heterocycles. The van der Waals surface area contributed by atoms with Crippen LogP contribution in [0, 0.1) is 11.6 Å². The third-order valence-corrected chi connectivity index (χ3v) is 2.55. The molecule has 0 radical (unpaired) electrons. The number of aromatic nitrogens is 1. The van der Waals surface area contributed by atoms with E-state index in [9.17, 15) is 13.9 Å². The topological polar surface area (TPSA) is 42.4 Å². The Bertz CT molecular complexity index is 573. The van der Waals surface area contributed by atoms with Crippen molar-refractivity contribution in [2.24, 2.45) is 0 Å². The Hall–Kier alpha value is -2.01. The van der Waals surface area contributed by atoms with Crippen molar-refractivity contribution in [3.05, 3.63) is 47.7 Å². The van der Waals surface area contributed by atoms with Crippen LogP contribution < -0.4 is 4.74 Å². The lowest BCUT2D eigenvalue weighted by Gasteiger charge is -2.09. The maximum atomic E-state index is 13.7. The summed E-state index contributed by atoms with van der Waals surface area (Å²) in [7, 11) is 1.44. The first kappa shape index (κ1) is 12.4. The fourth-order valence-electron chi connectivity index (χ4n) is 1.67. The number of benzene rings is 1. The van der Waals surface area contributed by atoms with E-state index in [-0.39, 0.29) is 17.9 Å². The molecular weight excluding hydrogens is 240 g/mol. The van der Waals surface area contributed by atoms with Gasteiger partial charge in [0.25, 0.3) is 0 Å². The molecule has 0 amide bonds. The van der Waals surface area contributed by atoms with Gasteiger partial charge in [-0.15, -0.1) is 0 Å². The summed E-state index contributed by atoms with van der Waals surface area (Å²) in [4.78, 5) is 4.00. The first-order chi connectivity index (χ1) is 8.67. The molecule has 1 N–H and O–H groups in total. The molecule has 0 saturated carbocycles. The first-order valence-corrected chi connectivity index (χ1v) is 5.26. The molecule has 0 aliphatic rings. The van der Waals surface area contributed by atoms with Crippen LogP contribution in [-0.4, -0.2) is 17.2 Å². The van der Waals surface area contributed by atoms with E-state index >= 15 is 0 Å². The summed E-state index contributed by atoms with van der Waals surface area (Å²) in [5, 5.41) is 9.23. The van der Waals surface area contributed by atoms with Crippen LogP contribution in [0.2, 0.25) is 0 Å². The van der Waals surface area contributed by atoms with E-state index in [4.69, 9.17) is 4.74 Å². The molecular formula is C13H11F2NO2. The average Bonchev–Trinajstić information content (AvgIpc) is 2.41. The van der Waals surface area contributed by atoms with E-state index in [1.807, 2.05) is 0 Å². The summed E-state index contributed by atoms with van der Waals surface area (Å²) < 4.78 is 31.7. The second kappa shape index (κ2) is 5.10. The number of aliphatic hydroxyl groups excluding tert-OH is 1. The predicted molar refractivity (Wildman–Crippen MR) is 62.1 cm³/mol. The van der Waals surface area contributed by atoms with Crippen molar-refractivity contribution in [3.63, 3.8) is 0 Å². The molecule has 0 aliphatic carbocycles. The van der Waals surface area contributed by atoms with Gasteiger partial charge in [-0.2, -0.15) is 0 Å². The van der Waals surface area contributed by atoms with Gasteiger partial charge in [0.1, 0.15) is 0 Å². The largest absolute Gasteiger partial charge is 0.481 e. The summed E-state index contributed by atoms with van der Waals surface area (Å²) in [5.74, 6) is -1.59. The molecule has 0 fully saturated rings. The number of aliphatic hydroxyl groups is 1. The van der Waals surface area contributed by atoms with E-state index in [0.29, 0.717) is 11.4 Å². The lowest BCUT2D eigenvalue weighted by molar-refractivity contribution is 0.275. The number of methoxy groups -OCH3 is 1. The van der Waals surface area contributed by atoms with Crippen LogP contribution in [0.3, 0.4) is 0 Å². The molecule has 0 atom stereocenters. The minimum absolute atomic E-state index is 0.0641. The average molecular weight is 251 g/mol. The Morgan fingerprint density at radius 2 is 1.94 bits per heavy atom. The van der Waals surface area contributed by atoms with Crippen LogP contribution in [0.5, 0.6) is 5.88 Å². The Morgan fingerprint density at radius 3 is 2.61 bits per heavy atom. The Morgan fingerprint density at radius 1 is 1.17 bits per heavy atom. The van der Waals surface area contributed by atoms with Crippen molar-refractivity contribution in [1.29, 1.82) is 0 Å². The van der Waals surface area contributed by atoms with Gasteiger partial charge in [-0.3, -0.25) is 0 Å². The van der Waals surface area contributed by atoms with Gasteiger partial charge < -0.3 is 9.84 Å². The number of nitrogens with zero attached hydrogens (tertiary/aromatic N) is 1. The zero-order chi connectivity index (χ0) is 13.1. The zero-order valence-electron chi connectivity index (χ0n) is 9.65. The minimum atomic E-state index is -0.959. The summed E-state index contributed by atoms with van der Waals surface area (Å²) in [6, 6.07) is 6.93. The van der Waals surface area contributed by atoms with Crippen LogP contribution in [0.15, 0.2) is 30.3 Å². The molecule has 2 aromatic rings. The SMILES string of the molecule is COc1ccc(-c2cccc(F)c2F)c(CO)n1. The highest BCUT2D eigenvalue weighted by atomic mass is 19.2. The maximum absolute atomic E-state index is 13.7. The molecule has 94 valence electrons. The smallest absolute Gasteiger partial charge is 0.213 e. The van der Waals surface area contributed by atoms with Gasteiger partial charge in [-0.05, 0) is 12.1 Å². The lowest BCUT2D eigenvalue weighted by atomic mass is 10.0. The van der Waals surface area contributed by atoms with Crippen molar-refractivity contribution < 1.29 is 18.6 Å². The van der Waals surface area contributed by atoms with Crippen molar-refractivity contribution in [2.75, 3.05) is 7.11 Å². The van der Waals surface area contributed by atoms with Crippen LogP contribution in [0.25, 0.3) is 11.1 Å². The third kappa shape index (κ3) is 2.17. The van der Waals surface area contributed by atoms with Gasteiger partial charge in [-0.25, -0.2) is 13.8 Å². The molecule has 5 heteroatoms. The predicted octanol–water partition coefficient (Wildman–Crippen LogP) is 2.53. The molecule has 2 rings (SSSR count). The van der Waals surface area contributed by atoms with E-state index < -0.39 is 11.6 Å². The highest BCUT2D eigenvalue weighted by molar-refractivity contribution is 5.67. The second-order valence-corrected chi connectivity index (χ2v) is 3.61. The molecule has 0 unspecified atom stereocenters. The summed E-state index contributed by atoms with van der Waals surface area (Å²) >= 11 is 0. The van der Waals surface area contributed by atoms with Gasteiger partial charge in [-0.1, -0.05) is 12.1 Å². The summed E-state index contributed by atoms with van der Waals surface area (Å²) in [5.41, 5.74) is 0.642. The molecule has 0 aliphatic heterocycles. The van der Waals surface area contributed by atoms with Crippen LogP contribution in [0.4, 0.5) is 8.78 Å². The van der Waals surface area contributed by atoms with Gasteiger partial charge in [0.15, 0.2) is 11.6 Å². The Kier molecular flexibility index (Phi) is 3.53. The third-order valence-electron chi connectivity index (χ3n) is 2.55. The highest BCUT2D eigenvalue weighted by Gasteiger charge is 2.14. The van der Waals surface area contributed by atoms with E-state index in [2.05, 4.69) is 4.98 Å². The number of ether oxygens (including phenoxy) is 1. The normalized spacial score (nSPS) is 10.4. The zero-order valence-corrected chi connectivity index (χ0v) is 9.65. The van der Waals surface area contributed by atoms with E-state index in [0.717, 1.165) is 6.07 Å². The standard InChI is InChI=1S/C13H11F2NO2/c1-18-12-6-5-8(11(7-17)16-12)9-3-2-4-10(14)13(9)15/h2-6,17H,7H2,1H3. The molecule has 0 bridgehead atoms. The van der Waals surface area contributed by atoms with Crippen molar-refractivity contribution in [2.45, 2.75) is 6.61 Å². The minimum Gasteiger partial charge on any atom is -0.481 e. The van der Waals surface area contributed by atoms with E-state index in [1.54, 1.807) is 0 Å². The van der Waals surface area contributed by atoms with Crippen molar-refractivity contribution in [1.82, 2.24) is 4.98 Å². The summed E-state index contributed by atoms with van der Waals surface area (Å²) in [6.45, 7) is -0.386. The number of hydrogen-bond donors (Lipinski definition) is 1. The highest BCUT2D eigenvalue weighted by Crippen LogP contribution is 2.28. The summed E-state index contributed by atoms with van der Waals surface area (Å²) in [6.07, 6.45) is 0. The Labute approximate surface area is 103 Å². The first-order valence-electron chi connectivity index (χ1n) is 5.26. The molecule has 3 nitrogen and oxygen atoms in total. The lowest BCUT2D eigenvalue weighted by Crippen LogP contribution is -1.99. The maximum Gasteiger partial charge on any atom is 0.213 e. The quantitative estimate of drug-likeness (QED) is 0.911. The monoisotopic (exact) mass is 251 g/mol. The molecule has 1 aromatic carbocycles. The van der Waals surface area contributed by atoms with Crippen LogP contribution in [-0.2, 0) is 6.61 Å². The number of hydrogen-bond acceptors (Lipinski definition) is 3. The fourth-order valence-corrected chi connectivity index (χ4v) is 1.67. The second-order valence-electron chi connectivity index (χ2n) is 3.61. The van der Waals surface area contributed by atoms with E-state index in [1.165, 1.54) is 31.4 Å². The molecule has 0 spiro atoms. The molecule has 1 heterocycles. The molecule has 0 saturated heterocycles. The van der Waals surface area contributed by atoms with Crippen molar-refractivity contribution in [3.8, 4) is 17.0 Å². The van der Waals surface area contributed by atoms with Crippen LogP contribution in [0.1, 0.15) is 5.69 Å². The Balaban J connectivity index is 2.60.